The van der Waals surface area contributed by atoms with Crippen LogP contribution in [0.25, 0.3) is 11.0 Å². The van der Waals surface area contributed by atoms with Crippen molar-refractivity contribution in [2.75, 3.05) is 14.2 Å². The van der Waals surface area contributed by atoms with E-state index in [4.69, 9.17) is 14.2 Å². The van der Waals surface area contributed by atoms with Crippen LogP contribution in [0.1, 0.15) is 0 Å². The number of nitrogens with zero attached hydrogens (tertiary/aromatic N) is 4. The maximum Gasteiger partial charge on any atom is 0.327 e. The molecule has 0 fully saturated rings. The SMILES string of the molecule is COc1cc2nccc(Oc3nc(F)c([N+](=O)[O-])cc3F)c2nc1OC. The van der Waals surface area contributed by atoms with Crippen molar-refractivity contribution in [2.45, 2.75) is 0 Å². The summed E-state index contributed by atoms with van der Waals surface area (Å²) in [6.07, 6.45) is 1.35. The number of ether oxygens (including phenoxy) is 3. The standard InChI is InChI=1S/C15H10F2N4O5/c1-24-11-6-8-12(19-15(11)25-2)10(3-4-18-8)26-14-7(16)5-9(21(22)23)13(17)20-14/h3-6H,1-2H3. The van der Waals surface area contributed by atoms with E-state index in [0.29, 0.717) is 17.3 Å². The average molecular weight is 364 g/mol. The summed E-state index contributed by atoms with van der Waals surface area (Å²) in [4.78, 5) is 21.0. The zero-order chi connectivity index (χ0) is 18.8. The van der Waals surface area contributed by atoms with Gasteiger partial charge in [-0.15, -0.1) is 0 Å². The van der Waals surface area contributed by atoms with Crippen molar-refractivity contribution in [3.63, 3.8) is 0 Å². The number of nitro groups is 1. The number of hydrogen-bond donors (Lipinski definition) is 0. The molecule has 0 radical (unpaired) electrons. The van der Waals surface area contributed by atoms with E-state index < -0.39 is 28.3 Å². The summed E-state index contributed by atoms with van der Waals surface area (Å²) in [7, 11) is 2.80. The van der Waals surface area contributed by atoms with Crippen molar-refractivity contribution in [3.05, 3.63) is 46.3 Å². The Bertz CT molecular complexity index is 1010. The third-order valence-corrected chi connectivity index (χ3v) is 3.30. The van der Waals surface area contributed by atoms with Crippen LogP contribution >= 0.6 is 0 Å². The molecule has 0 amide bonds. The van der Waals surface area contributed by atoms with E-state index in [1.54, 1.807) is 0 Å². The lowest BCUT2D eigenvalue weighted by molar-refractivity contribution is -0.388. The van der Waals surface area contributed by atoms with Crippen molar-refractivity contribution in [1.82, 2.24) is 15.0 Å². The van der Waals surface area contributed by atoms with Crippen LogP contribution in [-0.2, 0) is 0 Å². The van der Waals surface area contributed by atoms with Crippen molar-refractivity contribution in [2.24, 2.45) is 0 Å². The second-order valence-electron chi connectivity index (χ2n) is 4.82. The van der Waals surface area contributed by atoms with Crippen LogP contribution in [0, 0.1) is 21.9 Å². The van der Waals surface area contributed by atoms with Crippen molar-refractivity contribution < 1.29 is 27.9 Å². The molecule has 9 nitrogen and oxygen atoms in total. The van der Waals surface area contributed by atoms with E-state index in [2.05, 4.69) is 15.0 Å². The molecule has 0 aliphatic rings. The highest BCUT2D eigenvalue weighted by molar-refractivity contribution is 5.83. The Hall–Kier alpha value is -3.63. The molecule has 0 aliphatic heterocycles. The lowest BCUT2D eigenvalue weighted by Crippen LogP contribution is -2.01. The monoisotopic (exact) mass is 364 g/mol. The summed E-state index contributed by atoms with van der Waals surface area (Å²) in [6.45, 7) is 0. The average Bonchev–Trinajstić information content (AvgIpc) is 2.63. The smallest absolute Gasteiger partial charge is 0.327 e. The van der Waals surface area contributed by atoms with Crippen LogP contribution < -0.4 is 14.2 Å². The second kappa shape index (κ2) is 6.70. The first-order valence-electron chi connectivity index (χ1n) is 7.00. The Morgan fingerprint density at radius 1 is 1.08 bits per heavy atom. The van der Waals surface area contributed by atoms with Gasteiger partial charge in [0.2, 0.25) is 0 Å². The van der Waals surface area contributed by atoms with E-state index in [-0.39, 0.29) is 17.1 Å². The highest BCUT2D eigenvalue weighted by Gasteiger charge is 2.22. The third kappa shape index (κ3) is 3.01. The maximum absolute atomic E-state index is 14.0. The lowest BCUT2D eigenvalue weighted by atomic mass is 10.3. The summed E-state index contributed by atoms with van der Waals surface area (Å²) in [5.41, 5.74) is -0.591. The molecule has 3 rings (SSSR count). The zero-order valence-corrected chi connectivity index (χ0v) is 13.4. The Morgan fingerprint density at radius 3 is 2.50 bits per heavy atom. The number of rotatable bonds is 5. The molecule has 3 aromatic heterocycles. The van der Waals surface area contributed by atoms with Gasteiger partial charge in [0.15, 0.2) is 17.3 Å². The van der Waals surface area contributed by atoms with Gasteiger partial charge in [-0.25, -0.2) is 9.37 Å². The normalized spacial score (nSPS) is 10.6. The van der Waals surface area contributed by atoms with E-state index in [0.717, 1.165) is 0 Å². The first-order chi connectivity index (χ1) is 12.4. The van der Waals surface area contributed by atoms with E-state index in [1.165, 1.54) is 32.5 Å². The fraction of sp³-hybridized carbons (Fsp3) is 0.133. The minimum atomic E-state index is -1.48. The summed E-state index contributed by atoms with van der Waals surface area (Å²) in [5.74, 6) is -3.02. The fourth-order valence-electron chi connectivity index (χ4n) is 2.13. The van der Waals surface area contributed by atoms with Crippen molar-refractivity contribution in [3.8, 4) is 23.3 Å². The quantitative estimate of drug-likeness (QED) is 0.386. The first kappa shape index (κ1) is 17.2. The Kier molecular flexibility index (Phi) is 4.43. The molecule has 0 saturated heterocycles. The zero-order valence-electron chi connectivity index (χ0n) is 13.4. The fourth-order valence-corrected chi connectivity index (χ4v) is 2.13. The minimum absolute atomic E-state index is 0.00407. The molecule has 26 heavy (non-hydrogen) atoms. The molecule has 0 saturated carbocycles. The second-order valence-corrected chi connectivity index (χ2v) is 4.82. The molecule has 0 bridgehead atoms. The van der Waals surface area contributed by atoms with Gasteiger partial charge in [0.25, 0.3) is 17.7 Å². The van der Waals surface area contributed by atoms with Crippen LogP contribution in [0.2, 0.25) is 0 Å². The first-order valence-corrected chi connectivity index (χ1v) is 7.00. The van der Waals surface area contributed by atoms with Gasteiger partial charge >= 0.3 is 5.69 Å². The van der Waals surface area contributed by atoms with Gasteiger partial charge < -0.3 is 14.2 Å². The number of pyridine rings is 3. The highest BCUT2D eigenvalue weighted by Crippen LogP contribution is 2.34. The van der Waals surface area contributed by atoms with Crippen molar-refractivity contribution >= 4 is 16.7 Å². The largest absolute Gasteiger partial charge is 0.491 e. The van der Waals surface area contributed by atoms with E-state index in [9.17, 15) is 18.9 Å². The van der Waals surface area contributed by atoms with Crippen LogP contribution in [0.5, 0.6) is 23.3 Å². The lowest BCUT2D eigenvalue weighted by Gasteiger charge is -2.11. The molecular weight excluding hydrogens is 354 g/mol. The highest BCUT2D eigenvalue weighted by atomic mass is 19.1. The molecule has 3 aromatic rings. The number of fused-ring (bicyclic) bond motifs is 1. The van der Waals surface area contributed by atoms with E-state index in [1.807, 2.05) is 0 Å². The summed E-state index contributed by atoms with van der Waals surface area (Å²) in [5, 5.41) is 10.6. The van der Waals surface area contributed by atoms with Gasteiger partial charge in [-0.1, -0.05) is 0 Å². The molecule has 0 aliphatic carbocycles. The Balaban J connectivity index is 2.09. The van der Waals surface area contributed by atoms with Gasteiger partial charge in [-0.3, -0.25) is 15.1 Å². The van der Waals surface area contributed by atoms with Crippen LogP contribution in [-0.4, -0.2) is 34.1 Å². The number of aromatic nitrogens is 3. The summed E-state index contributed by atoms with van der Waals surface area (Å²) >= 11 is 0. The van der Waals surface area contributed by atoms with Gasteiger partial charge in [0.05, 0.1) is 30.7 Å². The summed E-state index contributed by atoms with van der Waals surface area (Å²) in [6, 6.07) is 3.26. The maximum atomic E-state index is 14.0. The molecule has 3 heterocycles. The van der Waals surface area contributed by atoms with Gasteiger partial charge in [0.1, 0.15) is 5.52 Å². The predicted molar refractivity (Wildman–Crippen MR) is 83.5 cm³/mol. The number of hydrogen-bond acceptors (Lipinski definition) is 8. The molecule has 11 heteroatoms. The predicted octanol–water partition coefficient (Wildman–Crippen LogP) is 3.02. The number of methoxy groups -OCH3 is 2. The molecule has 0 spiro atoms. The van der Waals surface area contributed by atoms with Crippen molar-refractivity contribution in [1.29, 1.82) is 0 Å². The minimum Gasteiger partial charge on any atom is -0.491 e. The van der Waals surface area contributed by atoms with Crippen LogP contribution in [0.15, 0.2) is 24.4 Å². The molecular formula is C15H10F2N4O5. The third-order valence-electron chi connectivity index (χ3n) is 3.30. The van der Waals surface area contributed by atoms with Gasteiger partial charge in [-0.2, -0.15) is 9.37 Å². The Labute approximate surface area is 144 Å². The Morgan fingerprint density at radius 2 is 1.85 bits per heavy atom. The molecule has 0 N–H and O–H groups in total. The van der Waals surface area contributed by atoms with Gasteiger partial charge in [-0.05, 0) is 0 Å². The van der Waals surface area contributed by atoms with Crippen LogP contribution in [0.4, 0.5) is 14.5 Å². The molecule has 134 valence electrons. The molecule has 0 unspecified atom stereocenters. The summed E-state index contributed by atoms with van der Waals surface area (Å²) < 4.78 is 43.1. The molecule has 0 aromatic carbocycles. The number of halogens is 2. The van der Waals surface area contributed by atoms with Crippen LogP contribution in [0.3, 0.4) is 0 Å². The topological polar surface area (TPSA) is 110 Å². The molecule has 0 atom stereocenters. The van der Waals surface area contributed by atoms with Gasteiger partial charge in [0, 0.05) is 18.3 Å². The van der Waals surface area contributed by atoms with E-state index >= 15 is 0 Å².